The molecule has 2 aromatic rings. The molecular formula is C29H38ClN3O6. The summed E-state index contributed by atoms with van der Waals surface area (Å²) in [5.41, 5.74) is -1.07. The molecule has 0 spiro atoms. The topological polar surface area (TPSA) is 118 Å². The standard InChI is InChI=1S/C29H38ClN3O6/c1-7-17-14-29(17,27(36)37)32-25(34)21-12-18(15-33(21)26(35)16(3)28(4,5)6)39-22-13-23(38-8-2)31-24-19(22)10-9-11-20(24)30/h9-11,13,16-18,21H,7-8,12,14-15H2,1-6H3,(H,32,34)(H,36,37)/t16-,17-,18-,21+,29-/m1/s1. The van der Waals surface area contributed by atoms with Crippen LogP contribution in [0, 0.1) is 17.3 Å². The number of benzene rings is 1. The number of fused-ring (bicyclic) bond motifs is 1. The first-order valence-electron chi connectivity index (χ1n) is 13.6. The number of carboxylic acid groups (broad SMARTS) is 1. The lowest BCUT2D eigenvalue weighted by molar-refractivity contribution is -0.147. The number of aromatic nitrogens is 1. The van der Waals surface area contributed by atoms with E-state index in [1.165, 1.54) is 0 Å². The SMILES string of the molecule is CCOc1cc(O[C@@H]2C[C@@H](C(=O)N[C@]3(C(=O)O)C[C@H]3CC)N(C(=O)[C@@H](C)C(C)(C)C)C2)c2cccc(Cl)c2n1. The van der Waals surface area contributed by atoms with Crippen LogP contribution in [0.15, 0.2) is 24.3 Å². The van der Waals surface area contributed by atoms with Crippen molar-refractivity contribution in [2.24, 2.45) is 17.3 Å². The fourth-order valence-electron chi connectivity index (χ4n) is 5.25. The number of carboxylic acids is 1. The number of pyridine rings is 1. The number of likely N-dealkylation sites (tertiary alicyclic amines) is 1. The zero-order chi connectivity index (χ0) is 28.7. The van der Waals surface area contributed by atoms with Crippen LogP contribution in [0.2, 0.25) is 5.02 Å². The molecule has 39 heavy (non-hydrogen) atoms. The number of nitrogens with zero attached hydrogens (tertiary/aromatic N) is 2. The molecule has 9 nitrogen and oxygen atoms in total. The summed E-state index contributed by atoms with van der Waals surface area (Å²) < 4.78 is 12.1. The van der Waals surface area contributed by atoms with Gasteiger partial charge in [0, 0.05) is 23.8 Å². The molecule has 1 aliphatic heterocycles. The highest BCUT2D eigenvalue weighted by atomic mass is 35.5. The molecule has 0 unspecified atom stereocenters. The van der Waals surface area contributed by atoms with Gasteiger partial charge in [0.25, 0.3) is 0 Å². The summed E-state index contributed by atoms with van der Waals surface area (Å²) in [5.74, 6) is -1.33. The van der Waals surface area contributed by atoms with Crippen LogP contribution >= 0.6 is 11.6 Å². The number of aliphatic carboxylic acids is 1. The Labute approximate surface area is 234 Å². The van der Waals surface area contributed by atoms with Crippen LogP contribution < -0.4 is 14.8 Å². The maximum absolute atomic E-state index is 13.7. The lowest BCUT2D eigenvalue weighted by Crippen LogP contribution is -2.54. The fourth-order valence-corrected chi connectivity index (χ4v) is 5.46. The molecule has 4 rings (SSSR count). The number of halogens is 1. The number of para-hydroxylation sites is 1. The van der Waals surface area contributed by atoms with E-state index in [4.69, 9.17) is 21.1 Å². The summed E-state index contributed by atoms with van der Waals surface area (Å²) in [7, 11) is 0. The maximum atomic E-state index is 13.7. The molecule has 2 fully saturated rings. The molecule has 10 heteroatoms. The van der Waals surface area contributed by atoms with Crippen LogP contribution in [0.5, 0.6) is 11.6 Å². The van der Waals surface area contributed by atoms with Gasteiger partial charge in [0.05, 0.1) is 23.7 Å². The molecule has 212 valence electrons. The second-order valence-electron chi connectivity index (χ2n) is 11.7. The Balaban J connectivity index is 1.65. The van der Waals surface area contributed by atoms with Crippen LogP contribution in [-0.4, -0.2) is 63.6 Å². The van der Waals surface area contributed by atoms with Gasteiger partial charge in [0.1, 0.15) is 23.4 Å². The average Bonchev–Trinajstić information content (AvgIpc) is 3.43. The minimum atomic E-state index is -1.28. The third kappa shape index (κ3) is 5.64. The van der Waals surface area contributed by atoms with E-state index in [0.717, 1.165) is 0 Å². The van der Waals surface area contributed by atoms with E-state index in [0.29, 0.717) is 47.0 Å². The van der Waals surface area contributed by atoms with Crippen molar-refractivity contribution in [3.63, 3.8) is 0 Å². The van der Waals surface area contributed by atoms with E-state index < -0.39 is 29.6 Å². The first-order valence-corrected chi connectivity index (χ1v) is 13.9. The Morgan fingerprint density at radius 3 is 2.59 bits per heavy atom. The molecular weight excluding hydrogens is 522 g/mol. The Hall–Kier alpha value is -3.07. The number of rotatable bonds is 9. The van der Waals surface area contributed by atoms with Gasteiger partial charge in [-0.05, 0) is 36.8 Å². The van der Waals surface area contributed by atoms with Crippen LogP contribution in [0.1, 0.15) is 60.8 Å². The predicted octanol–water partition coefficient (Wildman–Crippen LogP) is 4.69. The minimum absolute atomic E-state index is 0.130. The molecule has 1 aromatic heterocycles. The van der Waals surface area contributed by atoms with Crippen LogP contribution in [0.3, 0.4) is 0 Å². The van der Waals surface area contributed by atoms with E-state index in [9.17, 15) is 19.5 Å². The Kier molecular flexibility index (Phi) is 8.03. The number of nitrogens with one attached hydrogen (secondary N) is 1. The minimum Gasteiger partial charge on any atom is -0.488 e. The summed E-state index contributed by atoms with van der Waals surface area (Å²) in [4.78, 5) is 45.3. The number of carbonyl (C=O) groups excluding carboxylic acids is 2. The second-order valence-corrected chi connectivity index (χ2v) is 12.1. The van der Waals surface area contributed by atoms with Crippen molar-refractivity contribution in [2.75, 3.05) is 13.2 Å². The Bertz CT molecular complexity index is 1280. The van der Waals surface area contributed by atoms with Crippen molar-refractivity contribution in [3.8, 4) is 11.6 Å². The fraction of sp³-hybridized carbons (Fsp3) is 0.586. The van der Waals surface area contributed by atoms with Crippen molar-refractivity contribution in [1.29, 1.82) is 0 Å². The van der Waals surface area contributed by atoms with E-state index in [1.54, 1.807) is 23.1 Å². The van der Waals surface area contributed by atoms with E-state index in [1.807, 2.05) is 47.6 Å². The highest BCUT2D eigenvalue weighted by Gasteiger charge is 2.61. The van der Waals surface area contributed by atoms with Gasteiger partial charge in [0.15, 0.2) is 0 Å². The molecule has 1 saturated heterocycles. The zero-order valence-corrected chi connectivity index (χ0v) is 24.2. The van der Waals surface area contributed by atoms with E-state index in [2.05, 4.69) is 10.3 Å². The third-order valence-electron chi connectivity index (χ3n) is 8.16. The van der Waals surface area contributed by atoms with Crippen molar-refractivity contribution in [2.45, 2.75) is 78.5 Å². The first-order chi connectivity index (χ1) is 18.3. The largest absolute Gasteiger partial charge is 0.488 e. The molecule has 1 aromatic carbocycles. The second kappa shape index (κ2) is 10.8. The number of amides is 2. The summed E-state index contributed by atoms with van der Waals surface area (Å²) in [6.07, 6.45) is 0.730. The summed E-state index contributed by atoms with van der Waals surface area (Å²) in [5, 5.41) is 13.8. The molecule has 2 aliphatic rings. The highest BCUT2D eigenvalue weighted by molar-refractivity contribution is 6.35. The summed E-state index contributed by atoms with van der Waals surface area (Å²) in [6, 6.07) is 6.22. The highest BCUT2D eigenvalue weighted by Crippen LogP contribution is 2.46. The lowest BCUT2D eigenvalue weighted by atomic mass is 9.81. The zero-order valence-electron chi connectivity index (χ0n) is 23.4. The van der Waals surface area contributed by atoms with Gasteiger partial charge in [-0.1, -0.05) is 58.7 Å². The van der Waals surface area contributed by atoms with Gasteiger partial charge < -0.3 is 24.8 Å². The molecule has 0 radical (unpaired) electrons. The third-order valence-corrected chi connectivity index (χ3v) is 8.46. The van der Waals surface area contributed by atoms with Gasteiger partial charge in [-0.2, -0.15) is 0 Å². The van der Waals surface area contributed by atoms with Gasteiger partial charge in [0.2, 0.25) is 17.7 Å². The smallest absolute Gasteiger partial charge is 0.329 e. The van der Waals surface area contributed by atoms with Crippen molar-refractivity contribution in [3.05, 3.63) is 29.3 Å². The van der Waals surface area contributed by atoms with Gasteiger partial charge in [-0.25, -0.2) is 9.78 Å². The summed E-state index contributed by atoms with van der Waals surface area (Å²) in [6.45, 7) is 12.1. The first kappa shape index (κ1) is 28.9. The molecule has 5 atom stereocenters. The van der Waals surface area contributed by atoms with Crippen molar-refractivity contribution < 1.29 is 29.0 Å². The molecule has 2 N–H and O–H groups in total. The van der Waals surface area contributed by atoms with Crippen LogP contribution in [0.4, 0.5) is 0 Å². The normalized spacial score (nSPS) is 25.3. The molecule has 1 saturated carbocycles. The molecule has 1 aliphatic carbocycles. The van der Waals surface area contributed by atoms with Gasteiger partial charge >= 0.3 is 5.97 Å². The number of hydrogen-bond donors (Lipinski definition) is 2. The predicted molar refractivity (Wildman–Crippen MR) is 148 cm³/mol. The Morgan fingerprint density at radius 2 is 2.00 bits per heavy atom. The average molecular weight is 560 g/mol. The number of hydrogen-bond acceptors (Lipinski definition) is 6. The Morgan fingerprint density at radius 1 is 1.28 bits per heavy atom. The number of carbonyl (C=O) groups is 3. The van der Waals surface area contributed by atoms with Gasteiger partial charge in [-0.15, -0.1) is 0 Å². The molecule has 2 amide bonds. The van der Waals surface area contributed by atoms with Crippen LogP contribution in [-0.2, 0) is 14.4 Å². The molecule has 2 heterocycles. The van der Waals surface area contributed by atoms with E-state index in [-0.39, 0.29) is 36.1 Å². The van der Waals surface area contributed by atoms with Crippen LogP contribution in [0.25, 0.3) is 10.9 Å². The number of ether oxygens (including phenoxy) is 2. The maximum Gasteiger partial charge on any atom is 0.329 e. The molecule has 0 bridgehead atoms. The van der Waals surface area contributed by atoms with E-state index >= 15 is 0 Å². The van der Waals surface area contributed by atoms with Gasteiger partial charge in [-0.3, -0.25) is 9.59 Å². The van der Waals surface area contributed by atoms with Crippen molar-refractivity contribution >= 4 is 40.3 Å². The quantitative estimate of drug-likeness (QED) is 0.457. The monoisotopic (exact) mass is 559 g/mol. The lowest BCUT2D eigenvalue weighted by Gasteiger charge is -2.33. The summed E-state index contributed by atoms with van der Waals surface area (Å²) >= 11 is 6.41. The van der Waals surface area contributed by atoms with Crippen molar-refractivity contribution in [1.82, 2.24) is 15.2 Å².